The molecule has 1 unspecified atom stereocenters. The van der Waals surface area contributed by atoms with Gasteiger partial charge in [-0.3, -0.25) is 4.79 Å². The molecule has 1 N–H and O–H groups in total. The first-order valence-corrected chi connectivity index (χ1v) is 8.67. The average Bonchev–Trinajstić information content (AvgIpc) is 2.57. The SMILES string of the molecule is COC1=C(C)C(C(=O)O)=C(C)C(C)(C)C1C=CC(=O)c1ccc(Cl)cc1. The van der Waals surface area contributed by atoms with Crippen LogP contribution in [-0.2, 0) is 9.53 Å². The number of carbonyl (C=O) groups excluding carboxylic acids is 1. The Labute approximate surface area is 158 Å². The van der Waals surface area contributed by atoms with Crippen LogP contribution in [-0.4, -0.2) is 24.0 Å². The maximum absolute atomic E-state index is 12.4. The van der Waals surface area contributed by atoms with E-state index in [1.165, 1.54) is 13.2 Å². The molecule has 1 aromatic rings. The van der Waals surface area contributed by atoms with Crippen LogP contribution in [0.4, 0.5) is 0 Å². The number of halogens is 1. The van der Waals surface area contributed by atoms with Gasteiger partial charge < -0.3 is 9.84 Å². The Morgan fingerprint density at radius 1 is 1.19 bits per heavy atom. The van der Waals surface area contributed by atoms with Crippen LogP contribution in [0, 0.1) is 11.3 Å². The molecule has 0 heterocycles. The zero-order valence-electron chi connectivity index (χ0n) is 15.6. The fourth-order valence-corrected chi connectivity index (χ4v) is 3.47. The summed E-state index contributed by atoms with van der Waals surface area (Å²) in [5.41, 5.74) is 1.66. The van der Waals surface area contributed by atoms with Gasteiger partial charge in [-0.15, -0.1) is 0 Å². The van der Waals surface area contributed by atoms with Crippen molar-refractivity contribution >= 4 is 23.4 Å². The molecular weight excluding hydrogens is 352 g/mol. The minimum absolute atomic E-state index is 0.142. The van der Waals surface area contributed by atoms with E-state index in [-0.39, 0.29) is 17.3 Å². The van der Waals surface area contributed by atoms with Crippen LogP contribution in [0.25, 0.3) is 0 Å². The molecule has 0 saturated carbocycles. The molecule has 138 valence electrons. The Morgan fingerprint density at radius 3 is 2.27 bits per heavy atom. The highest BCUT2D eigenvalue weighted by molar-refractivity contribution is 6.30. The Bertz CT molecular complexity index is 826. The van der Waals surface area contributed by atoms with E-state index in [4.69, 9.17) is 16.3 Å². The smallest absolute Gasteiger partial charge is 0.336 e. The number of hydrogen-bond acceptors (Lipinski definition) is 3. The van der Waals surface area contributed by atoms with E-state index in [1.54, 1.807) is 37.3 Å². The van der Waals surface area contributed by atoms with Crippen LogP contribution >= 0.6 is 11.6 Å². The van der Waals surface area contributed by atoms with Crippen molar-refractivity contribution in [2.75, 3.05) is 7.11 Å². The van der Waals surface area contributed by atoms with Gasteiger partial charge in [-0.1, -0.05) is 37.1 Å². The van der Waals surface area contributed by atoms with Gasteiger partial charge >= 0.3 is 5.97 Å². The number of aliphatic carboxylic acids is 1. The second-order valence-corrected chi connectivity index (χ2v) is 7.36. The van der Waals surface area contributed by atoms with Crippen molar-refractivity contribution in [3.63, 3.8) is 0 Å². The molecule has 1 aromatic carbocycles. The van der Waals surface area contributed by atoms with E-state index < -0.39 is 11.4 Å². The number of methoxy groups -OCH3 is 1. The molecule has 1 aliphatic rings. The van der Waals surface area contributed by atoms with Gasteiger partial charge in [-0.2, -0.15) is 0 Å². The van der Waals surface area contributed by atoms with Gasteiger partial charge in [0, 0.05) is 22.1 Å². The van der Waals surface area contributed by atoms with Crippen LogP contribution in [0.2, 0.25) is 5.02 Å². The lowest BCUT2D eigenvalue weighted by molar-refractivity contribution is -0.132. The summed E-state index contributed by atoms with van der Waals surface area (Å²) in [7, 11) is 1.52. The molecule has 1 atom stereocenters. The summed E-state index contributed by atoms with van der Waals surface area (Å²) in [6, 6.07) is 6.69. The quantitative estimate of drug-likeness (QED) is 0.578. The zero-order chi connectivity index (χ0) is 19.6. The summed E-state index contributed by atoms with van der Waals surface area (Å²) < 4.78 is 5.54. The number of ketones is 1. The average molecular weight is 375 g/mol. The highest BCUT2D eigenvalue weighted by Crippen LogP contribution is 2.48. The lowest BCUT2D eigenvalue weighted by Gasteiger charge is -2.40. The molecule has 0 aromatic heterocycles. The van der Waals surface area contributed by atoms with Gasteiger partial charge in [0.2, 0.25) is 0 Å². The number of carbonyl (C=O) groups is 2. The predicted octanol–water partition coefficient (Wildman–Crippen LogP) is 5.06. The third-order valence-corrected chi connectivity index (χ3v) is 5.40. The first-order valence-electron chi connectivity index (χ1n) is 8.29. The Balaban J connectivity index is 2.43. The summed E-state index contributed by atoms with van der Waals surface area (Å²) in [6.07, 6.45) is 3.31. The van der Waals surface area contributed by atoms with E-state index >= 15 is 0 Å². The standard InChI is InChI=1S/C21H23ClO4/c1-12-18(20(24)25)13(2)21(3,4)16(19(12)26-5)10-11-17(23)14-6-8-15(22)9-7-14/h6-11,16H,1-5H3,(H,24,25). The molecule has 0 radical (unpaired) electrons. The van der Waals surface area contributed by atoms with Gasteiger partial charge in [0.1, 0.15) is 5.76 Å². The molecule has 0 bridgehead atoms. The molecular formula is C21H23ClO4. The lowest BCUT2D eigenvalue weighted by Crippen LogP contribution is -2.33. The minimum Gasteiger partial charge on any atom is -0.500 e. The number of allylic oxidation sites excluding steroid dienone is 3. The Hall–Kier alpha value is -2.33. The van der Waals surface area contributed by atoms with E-state index in [2.05, 4.69) is 0 Å². The molecule has 0 saturated heterocycles. The van der Waals surface area contributed by atoms with Crippen molar-refractivity contribution in [3.8, 4) is 0 Å². The molecule has 4 nitrogen and oxygen atoms in total. The van der Waals surface area contributed by atoms with Gasteiger partial charge in [0.05, 0.1) is 12.7 Å². The van der Waals surface area contributed by atoms with Crippen molar-refractivity contribution in [2.24, 2.45) is 11.3 Å². The van der Waals surface area contributed by atoms with E-state index in [1.807, 2.05) is 20.8 Å². The van der Waals surface area contributed by atoms with Crippen LogP contribution in [0.1, 0.15) is 38.1 Å². The molecule has 2 rings (SSSR count). The summed E-state index contributed by atoms with van der Waals surface area (Å²) in [5, 5.41) is 10.1. The maximum atomic E-state index is 12.4. The fraction of sp³-hybridized carbons (Fsp3) is 0.333. The van der Waals surface area contributed by atoms with E-state index in [9.17, 15) is 14.7 Å². The predicted molar refractivity (Wildman–Crippen MR) is 102 cm³/mol. The molecule has 26 heavy (non-hydrogen) atoms. The van der Waals surface area contributed by atoms with Crippen molar-refractivity contribution in [3.05, 3.63) is 69.5 Å². The Kier molecular flexibility index (Phi) is 5.77. The van der Waals surface area contributed by atoms with Gasteiger partial charge in [-0.25, -0.2) is 4.79 Å². The molecule has 0 spiro atoms. The summed E-state index contributed by atoms with van der Waals surface area (Å²) in [4.78, 5) is 24.1. The van der Waals surface area contributed by atoms with Crippen molar-refractivity contribution in [1.29, 1.82) is 0 Å². The third-order valence-electron chi connectivity index (χ3n) is 5.15. The lowest BCUT2D eigenvalue weighted by atomic mass is 9.66. The van der Waals surface area contributed by atoms with Crippen LogP contribution in [0.5, 0.6) is 0 Å². The molecule has 5 heteroatoms. The number of carboxylic acids is 1. The monoisotopic (exact) mass is 374 g/mol. The topological polar surface area (TPSA) is 63.6 Å². The minimum atomic E-state index is -0.970. The van der Waals surface area contributed by atoms with Gasteiger partial charge in [0.25, 0.3) is 0 Å². The Morgan fingerprint density at radius 2 is 1.77 bits per heavy atom. The van der Waals surface area contributed by atoms with Gasteiger partial charge in [-0.05, 0) is 49.6 Å². The molecule has 0 aliphatic heterocycles. The first kappa shape index (κ1) is 20.0. The highest BCUT2D eigenvalue weighted by Gasteiger charge is 2.41. The number of ether oxygens (including phenoxy) is 1. The fourth-order valence-electron chi connectivity index (χ4n) is 3.34. The van der Waals surface area contributed by atoms with Crippen LogP contribution in [0.15, 0.2) is 58.9 Å². The summed E-state index contributed by atoms with van der Waals surface area (Å²) in [5.74, 6) is -0.788. The molecule has 0 fully saturated rings. The van der Waals surface area contributed by atoms with Crippen molar-refractivity contribution < 1.29 is 19.4 Å². The maximum Gasteiger partial charge on any atom is 0.336 e. The highest BCUT2D eigenvalue weighted by atomic mass is 35.5. The zero-order valence-corrected chi connectivity index (χ0v) is 16.3. The summed E-state index contributed by atoms with van der Waals surface area (Å²) in [6.45, 7) is 7.47. The number of rotatable bonds is 5. The van der Waals surface area contributed by atoms with E-state index in [0.29, 0.717) is 21.9 Å². The van der Waals surface area contributed by atoms with E-state index in [0.717, 1.165) is 5.57 Å². The van der Waals surface area contributed by atoms with Crippen LogP contribution < -0.4 is 0 Å². The largest absolute Gasteiger partial charge is 0.500 e. The van der Waals surface area contributed by atoms with Gasteiger partial charge in [0.15, 0.2) is 5.78 Å². The van der Waals surface area contributed by atoms with Crippen molar-refractivity contribution in [1.82, 2.24) is 0 Å². The molecule has 1 aliphatic carbocycles. The molecule has 0 amide bonds. The van der Waals surface area contributed by atoms with Crippen LogP contribution in [0.3, 0.4) is 0 Å². The number of benzene rings is 1. The van der Waals surface area contributed by atoms with Crippen molar-refractivity contribution in [2.45, 2.75) is 27.7 Å². The second-order valence-electron chi connectivity index (χ2n) is 6.93. The first-order chi connectivity index (χ1) is 12.1. The second kappa shape index (κ2) is 7.50. The third kappa shape index (κ3) is 3.61. The number of carboxylic acid groups (broad SMARTS) is 1. The summed E-state index contributed by atoms with van der Waals surface area (Å²) >= 11 is 5.86. The number of hydrogen-bond donors (Lipinski definition) is 1. The normalized spacial score (nSPS) is 19.8.